The van der Waals surface area contributed by atoms with E-state index in [-0.39, 0.29) is 61.3 Å². The summed E-state index contributed by atoms with van der Waals surface area (Å²) in [6, 6.07) is 13.6. The lowest BCUT2D eigenvalue weighted by atomic mass is 9.77. The molecule has 28 heteroatoms. The average Bonchev–Trinajstić information content (AvgIpc) is 1.62. The number of halogens is 9. The summed E-state index contributed by atoms with van der Waals surface area (Å²) in [5, 5.41) is 0. The van der Waals surface area contributed by atoms with Crippen molar-refractivity contribution < 1.29 is 82.4 Å². The zero-order valence-electron chi connectivity index (χ0n) is 54.3. The Morgan fingerprint density at radius 2 is 1.02 bits per heavy atom. The molecule has 0 aliphatic carbocycles. The van der Waals surface area contributed by atoms with Crippen LogP contribution >= 0.6 is 15.9 Å². The fourth-order valence-electron chi connectivity index (χ4n) is 8.28. The van der Waals surface area contributed by atoms with E-state index in [1.165, 1.54) is 53.8 Å². The summed E-state index contributed by atoms with van der Waals surface area (Å²) in [5.41, 5.74) is -1.04. The molecule has 7 rings (SSSR count). The number of nitrogens with zero attached hydrogens (tertiary/aromatic N) is 6. The Bertz CT molecular complexity index is 3420. The number of carbonyl (C=O) groups excluding carboxylic acids is 2. The van der Waals surface area contributed by atoms with Gasteiger partial charge in [-0.15, -0.1) is 0 Å². The molecule has 0 bridgehead atoms. The van der Waals surface area contributed by atoms with Crippen LogP contribution in [0.2, 0.25) is 51.4 Å². The molecule has 90 heavy (non-hydrogen) atoms. The zero-order valence-corrected chi connectivity index (χ0v) is 57.9. The molecule has 2 aromatic carbocycles. The molecular weight excluding hydrogens is 1290 g/mol. The van der Waals surface area contributed by atoms with Gasteiger partial charge in [-0.3, -0.25) is 9.59 Å². The number of hydrogen-bond acceptors (Lipinski definition) is 14. The van der Waals surface area contributed by atoms with E-state index in [0.29, 0.717) is 34.7 Å². The smallest absolute Gasteiger partial charge is 0.476 e. The lowest BCUT2D eigenvalue weighted by Crippen LogP contribution is -2.41. The monoisotopic (exact) mass is 1370 g/mol. The van der Waals surface area contributed by atoms with E-state index in [2.05, 4.69) is 75.1 Å². The number of esters is 2. The molecule has 4 aromatic heterocycles. The minimum Gasteiger partial charge on any atom is -0.476 e. The summed E-state index contributed by atoms with van der Waals surface area (Å²) in [4.78, 5) is 39.5. The Morgan fingerprint density at radius 3 is 1.40 bits per heavy atom. The van der Waals surface area contributed by atoms with Gasteiger partial charge in [0.05, 0.1) is 47.4 Å². The topological polar surface area (TPSA) is 169 Å². The first-order valence-corrected chi connectivity index (χ1v) is 37.0. The maximum atomic E-state index is 15.4. The van der Waals surface area contributed by atoms with Crippen LogP contribution in [0.15, 0.2) is 77.8 Å². The maximum Gasteiger partial charge on any atom is 0.496 e. The van der Waals surface area contributed by atoms with E-state index in [1.54, 1.807) is 59.0 Å². The van der Waals surface area contributed by atoms with E-state index < -0.39 is 86.6 Å². The van der Waals surface area contributed by atoms with Crippen LogP contribution in [0.1, 0.15) is 77.9 Å². The van der Waals surface area contributed by atoms with Gasteiger partial charge in [-0.2, -0.15) is 26.3 Å². The average molecular weight is 1370 g/mol. The van der Waals surface area contributed by atoms with Gasteiger partial charge < -0.3 is 46.9 Å². The van der Waals surface area contributed by atoms with Crippen LogP contribution in [0.5, 0.6) is 11.8 Å². The minimum atomic E-state index is -4.69. The van der Waals surface area contributed by atoms with E-state index in [4.69, 9.17) is 37.7 Å². The second kappa shape index (κ2) is 29.7. The summed E-state index contributed by atoms with van der Waals surface area (Å²) in [6.45, 7) is 32.5. The molecule has 1 aliphatic rings. The fourth-order valence-corrected chi connectivity index (χ4v) is 10.1. The number of carbonyl (C=O) groups is 2. The molecule has 0 radical (unpaired) electrons. The molecule has 1 aliphatic heterocycles. The van der Waals surface area contributed by atoms with Crippen LogP contribution in [0, 0.1) is 36.3 Å². The molecule has 5 heterocycles. The molecule has 0 unspecified atom stereocenters. The Kier molecular flexibility index (Phi) is 24.7. The lowest BCUT2D eigenvalue weighted by molar-refractivity contribution is -0.153. The molecule has 0 N–H and O–H groups in total. The van der Waals surface area contributed by atoms with Crippen molar-refractivity contribution in [2.75, 3.05) is 40.6 Å². The molecule has 0 atom stereocenters. The number of imidazole rings is 2. The van der Waals surface area contributed by atoms with E-state index in [1.807, 2.05) is 40.7 Å². The molecule has 0 spiro atoms. The van der Waals surface area contributed by atoms with Crippen molar-refractivity contribution in [1.29, 1.82) is 0 Å². The number of methoxy groups -OCH3 is 2. The number of pyridine rings is 2. The number of aromatic nitrogens is 6. The van der Waals surface area contributed by atoms with Crippen molar-refractivity contribution in [3.05, 3.63) is 112 Å². The number of ether oxygens (including phenoxy) is 6. The van der Waals surface area contributed by atoms with Crippen molar-refractivity contribution in [2.24, 2.45) is 10.8 Å². The third-order valence-electron chi connectivity index (χ3n) is 14.6. The Morgan fingerprint density at radius 1 is 0.611 bits per heavy atom. The van der Waals surface area contributed by atoms with Crippen molar-refractivity contribution >= 4 is 56.6 Å². The van der Waals surface area contributed by atoms with Crippen LogP contribution in [0.3, 0.4) is 0 Å². The molecule has 494 valence electrons. The highest BCUT2D eigenvalue weighted by Gasteiger charge is 2.52. The fraction of sp³-hybridized carbons (Fsp3) is 0.516. The molecule has 0 amide bonds. The standard InChI is InChI=1S/C28H35F4N3O4Si.C18H28BNO5.C16H19BrF4N2OSi/c1-18-12-24(39-16-27(2,3)26(36)37-4)33-14-21(18)19-8-9-20(22(29)13-19)25-34-23(28(30,31)32)15-35(25)17-38-10-11-40(5,6)7;1-12-9-14(23-11-16(2,3)15(21)22-8)20-10-13(12)19-24-17(4,5)18(6,7)25-19;1-25(2,3)7-6-24-10-23-9-14(16(19,20)21)22-15(23)12-5-4-11(17)8-13(12)18/h8-9,12-15H,10-11,16-17H2,1-7H3;9-10H,11H2,1-8H3;4-5,8-9H,6-7,10H2,1-3H3. The second-order valence-electron chi connectivity index (χ2n) is 26.5. The molecule has 16 nitrogen and oxygen atoms in total. The minimum absolute atomic E-state index is 0.00695. The van der Waals surface area contributed by atoms with Crippen LogP contribution in [0.25, 0.3) is 33.9 Å². The molecule has 1 saturated heterocycles. The normalized spacial score (nSPS) is 14.3. The number of benzene rings is 2. The lowest BCUT2D eigenvalue weighted by Gasteiger charge is -2.32. The Balaban J connectivity index is 0.000000257. The summed E-state index contributed by atoms with van der Waals surface area (Å²) in [7, 11) is -0.493. The van der Waals surface area contributed by atoms with Gasteiger partial charge in [-0.1, -0.05) is 61.3 Å². The highest BCUT2D eigenvalue weighted by molar-refractivity contribution is 9.10. The number of aryl methyl sites for hydroxylation is 2. The maximum absolute atomic E-state index is 15.4. The highest BCUT2D eigenvalue weighted by atomic mass is 79.9. The predicted molar refractivity (Wildman–Crippen MR) is 336 cm³/mol. The van der Waals surface area contributed by atoms with Crippen LogP contribution in [0.4, 0.5) is 35.1 Å². The van der Waals surface area contributed by atoms with Gasteiger partial charge >= 0.3 is 31.4 Å². The second-order valence-corrected chi connectivity index (χ2v) is 38.6. The van der Waals surface area contributed by atoms with E-state index in [0.717, 1.165) is 41.1 Å². The van der Waals surface area contributed by atoms with Crippen LogP contribution in [-0.2, 0) is 63.7 Å². The zero-order chi connectivity index (χ0) is 67.8. The Labute approximate surface area is 532 Å². The van der Waals surface area contributed by atoms with Gasteiger partial charge in [0.2, 0.25) is 11.8 Å². The van der Waals surface area contributed by atoms with Gasteiger partial charge in [0.15, 0.2) is 11.4 Å². The van der Waals surface area contributed by atoms with Crippen LogP contribution < -0.4 is 14.9 Å². The first-order valence-electron chi connectivity index (χ1n) is 28.8. The quantitative estimate of drug-likeness (QED) is 0.0272. The summed E-state index contributed by atoms with van der Waals surface area (Å²) >= 11 is 3.13. The summed E-state index contributed by atoms with van der Waals surface area (Å²) in [6.07, 6.45) is -4.38. The number of rotatable bonds is 22. The third kappa shape index (κ3) is 20.7. The van der Waals surface area contributed by atoms with Gasteiger partial charge in [0, 0.05) is 81.8 Å². The molecule has 0 saturated carbocycles. The largest absolute Gasteiger partial charge is 0.496 e. The third-order valence-corrected chi connectivity index (χ3v) is 18.5. The first-order chi connectivity index (χ1) is 41.4. The predicted octanol–water partition coefficient (Wildman–Crippen LogP) is 15.0. The molecule has 1 fully saturated rings. The van der Waals surface area contributed by atoms with Gasteiger partial charge in [-0.25, -0.2) is 28.7 Å². The van der Waals surface area contributed by atoms with Crippen molar-refractivity contribution in [2.45, 2.75) is 158 Å². The van der Waals surface area contributed by atoms with E-state index in [9.17, 15) is 40.3 Å². The van der Waals surface area contributed by atoms with E-state index >= 15 is 4.39 Å². The highest BCUT2D eigenvalue weighted by Crippen LogP contribution is 2.38. The molecule has 6 aromatic rings. The first kappa shape index (κ1) is 74.7. The van der Waals surface area contributed by atoms with Crippen molar-refractivity contribution in [3.8, 4) is 45.7 Å². The summed E-state index contributed by atoms with van der Waals surface area (Å²) in [5.74, 6) is -1.67. The van der Waals surface area contributed by atoms with Gasteiger partial charge in [0.1, 0.15) is 50.0 Å². The summed E-state index contributed by atoms with van der Waals surface area (Å²) < 4.78 is 156. The van der Waals surface area contributed by atoms with Crippen molar-refractivity contribution in [1.82, 2.24) is 29.1 Å². The number of alkyl halides is 6. The SMILES string of the molecule is COC(=O)C(C)(C)COc1cc(C)c(-c2ccc(-c3nc(C(F)(F)F)cn3COCC[Si](C)(C)C)c(F)c2)cn1.COC(=O)C(C)(C)COc1cc(C)c(B2OC(C)(C)C(C)(C)O2)cn1.C[Si](C)(C)CCOCn1cc(C(F)(F)F)nc1-c1ccc(Br)cc1F. The molecular formula is C62H82BBrF8N6O10Si2. The Hall–Kier alpha value is -6.04. The van der Waals surface area contributed by atoms with Gasteiger partial charge in [0.25, 0.3) is 0 Å². The van der Waals surface area contributed by atoms with Crippen molar-refractivity contribution in [3.63, 3.8) is 0 Å². The van der Waals surface area contributed by atoms with Gasteiger partial charge in [-0.05, 0) is 128 Å². The number of hydrogen-bond donors (Lipinski definition) is 0. The van der Waals surface area contributed by atoms with Crippen LogP contribution in [-0.4, -0.2) is 116 Å².